The summed E-state index contributed by atoms with van der Waals surface area (Å²) in [6.45, 7) is 0. The van der Waals surface area contributed by atoms with Crippen LogP contribution in [0.15, 0.2) is 54.7 Å². The van der Waals surface area contributed by atoms with Crippen molar-refractivity contribution in [1.29, 1.82) is 5.26 Å². The second-order valence-corrected chi connectivity index (χ2v) is 4.63. The molecule has 102 valence electrons. The van der Waals surface area contributed by atoms with Gasteiger partial charge in [0, 0.05) is 11.6 Å². The molecule has 0 bridgehead atoms. The van der Waals surface area contributed by atoms with Crippen molar-refractivity contribution in [2.24, 2.45) is 0 Å². The van der Waals surface area contributed by atoms with Crippen LogP contribution in [0, 0.1) is 11.3 Å². The van der Waals surface area contributed by atoms with E-state index in [2.05, 4.69) is 11.1 Å². The van der Waals surface area contributed by atoms with E-state index < -0.39 is 0 Å². The van der Waals surface area contributed by atoms with E-state index in [1.807, 2.05) is 42.5 Å². The first-order valence-corrected chi connectivity index (χ1v) is 6.55. The number of benzene rings is 2. The standard InChI is InChI=1S/C17H13N3O/c18-10-9-12-3-5-13(6-4-12)21-16-8-7-15(19)17-14(16)2-1-11-20-17/h1-8,11H,9,19H2. The highest BCUT2D eigenvalue weighted by atomic mass is 16.5. The van der Waals surface area contributed by atoms with Gasteiger partial charge in [-0.2, -0.15) is 5.26 Å². The molecule has 0 saturated carbocycles. The molecule has 0 aliphatic carbocycles. The minimum absolute atomic E-state index is 0.398. The maximum absolute atomic E-state index is 8.67. The molecular weight excluding hydrogens is 262 g/mol. The van der Waals surface area contributed by atoms with Crippen LogP contribution in [-0.4, -0.2) is 4.98 Å². The molecule has 0 fully saturated rings. The van der Waals surface area contributed by atoms with Crippen molar-refractivity contribution in [1.82, 2.24) is 4.98 Å². The fraction of sp³-hybridized carbons (Fsp3) is 0.0588. The van der Waals surface area contributed by atoms with E-state index in [-0.39, 0.29) is 0 Å². The van der Waals surface area contributed by atoms with E-state index in [1.54, 1.807) is 12.3 Å². The number of nitrogens with two attached hydrogens (primary N) is 1. The number of nitriles is 1. The molecule has 2 N–H and O–H groups in total. The van der Waals surface area contributed by atoms with Gasteiger partial charge in [-0.05, 0) is 42.0 Å². The van der Waals surface area contributed by atoms with Gasteiger partial charge in [-0.3, -0.25) is 4.98 Å². The molecule has 0 aliphatic heterocycles. The molecule has 21 heavy (non-hydrogen) atoms. The Kier molecular flexibility index (Phi) is 3.40. The predicted octanol–water partition coefficient (Wildman–Crippen LogP) is 3.68. The maximum Gasteiger partial charge on any atom is 0.136 e. The van der Waals surface area contributed by atoms with Crippen molar-refractivity contribution >= 4 is 16.6 Å². The van der Waals surface area contributed by atoms with Crippen LogP contribution in [0.25, 0.3) is 10.9 Å². The van der Waals surface area contributed by atoms with E-state index >= 15 is 0 Å². The lowest BCUT2D eigenvalue weighted by Gasteiger charge is -2.10. The van der Waals surface area contributed by atoms with E-state index in [0.29, 0.717) is 23.6 Å². The van der Waals surface area contributed by atoms with Gasteiger partial charge >= 0.3 is 0 Å². The van der Waals surface area contributed by atoms with Crippen LogP contribution in [0.5, 0.6) is 11.5 Å². The summed E-state index contributed by atoms with van der Waals surface area (Å²) in [7, 11) is 0. The second-order valence-electron chi connectivity index (χ2n) is 4.63. The Bertz CT molecular complexity index is 820. The molecule has 1 heterocycles. The molecule has 0 saturated heterocycles. The van der Waals surface area contributed by atoms with Crippen LogP contribution >= 0.6 is 0 Å². The van der Waals surface area contributed by atoms with Crippen LogP contribution in [0.4, 0.5) is 5.69 Å². The number of aromatic nitrogens is 1. The lowest BCUT2D eigenvalue weighted by Crippen LogP contribution is -1.92. The number of pyridine rings is 1. The van der Waals surface area contributed by atoms with Crippen LogP contribution in [0.2, 0.25) is 0 Å². The highest BCUT2D eigenvalue weighted by Crippen LogP contribution is 2.31. The molecule has 0 radical (unpaired) electrons. The zero-order chi connectivity index (χ0) is 14.7. The Morgan fingerprint density at radius 1 is 1.10 bits per heavy atom. The number of rotatable bonds is 3. The Morgan fingerprint density at radius 3 is 2.67 bits per heavy atom. The third-order valence-corrected chi connectivity index (χ3v) is 3.20. The van der Waals surface area contributed by atoms with Gasteiger partial charge < -0.3 is 10.5 Å². The number of hydrogen-bond acceptors (Lipinski definition) is 4. The molecule has 0 amide bonds. The topological polar surface area (TPSA) is 71.9 Å². The average Bonchev–Trinajstić information content (AvgIpc) is 2.52. The van der Waals surface area contributed by atoms with E-state index in [4.69, 9.17) is 15.7 Å². The molecule has 0 aliphatic rings. The van der Waals surface area contributed by atoms with Gasteiger partial charge in [0.2, 0.25) is 0 Å². The van der Waals surface area contributed by atoms with E-state index in [1.165, 1.54) is 0 Å². The van der Waals surface area contributed by atoms with Crippen molar-refractivity contribution in [3.05, 3.63) is 60.3 Å². The fourth-order valence-corrected chi connectivity index (χ4v) is 2.15. The highest BCUT2D eigenvalue weighted by Gasteiger charge is 2.07. The Balaban J connectivity index is 1.95. The number of anilines is 1. The van der Waals surface area contributed by atoms with Gasteiger partial charge in [0.1, 0.15) is 11.5 Å². The molecule has 3 rings (SSSR count). The molecule has 3 aromatic rings. The summed E-state index contributed by atoms with van der Waals surface area (Å²) in [4.78, 5) is 4.28. The molecule has 0 atom stereocenters. The maximum atomic E-state index is 8.67. The SMILES string of the molecule is N#CCc1ccc(Oc2ccc(N)c3ncccc23)cc1. The van der Waals surface area contributed by atoms with Crippen molar-refractivity contribution in [2.45, 2.75) is 6.42 Å². The van der Waals surface area contributed by atoms with Gasteiger partial charge in [0.15, 0.2) is 0 Å². The first-order valence-electron chi connectivity index (χ1n) is 6.55. The van der Waals surface area contributed by atoms with Crippen molar-refractivity contribution < 1.29 is 4.74 Å². The summed E-state index contributed by atoms with van der Waals surface area (Å²) < 4.78 is 5.90. The normalized spacial score (nSPS) is 10.2. The first kappa shape index (κ1) is 12.9. The molecule has 1 aromatic heterocycles. The summed E-state index contributed by atoms with van der Waals surface area (Å²) in [5.41, 5.74) is 8.25. The smallest absolute Gasteiger partial charge is 0.136 e. The number of nitrogen functional groups attached to an aromatic ring is 1. The van der Waals surface area contributed by atoms with Crippen molar-refractivity contribution in [2.75, 3.05) is 5.73 Å². The minimum atomic E-state index is 0.398. The Labute approximate surface area is 122 Å². The summed E-state index contributed by atoms with van der Waals surface area (Å²) in [5, 5.41) is 9.54. The van der Waals surface area contributed by atoms with Crippen LogP contribution < -0.4 is 10.5 Å². The Morgan fingerprint density at radius 2 is 1.90 bits per heavy atom. The quantitative estimate of drug-likeness (QED) is 0.740. The lowest BCUT2D eigenvalue weighted by molar-refractivity contribution is 0.488. The summed E-state index contributed by atoms with van der Waals surface area (Å²) in [5.74, 6) is 1.42. The molecule has 4 heteroatoms. The van der Waals surface area contributed by atoms with Gasteiger partial charge in [-0.25, -0.2) is 0 Å². The summed E-state index contributed by atoms with van der Waals surface area (Å²) >= 11 is 0. The van der Waals surface area contributed by atoms with E-state index in [9.17, 15) is 0 Å². The monoisotopic (exact) mass is 275 g/mol. The minimum Gasteiger partial charge on any atom is -0.457 e. The largest absolute Gasteiger partial charge is 0.457 e. The molecule has 2 aromatic carbocycles. The highest BCUT2D eigenvalue weighted by molar-refractivity contribution is 5.93. The van der Waals surface area contributed by atoms with Crippen molar-refractivity contribution in [3.63, 3.8) is 0 Å². The zero-order valence-corrected chi connectivity index (χ0v) is 11.3. The zero-order valence-electron chi connectivity index (χ0n) is 11.3. The second kappa shape index (κ2) is 5.51. The number of ether oxygens (including phenoxy) is 1. The predicted molar refractivity (Wildman–Crippen MR) is 82.0 cm³/mol. The fourth-order valence-electron chi connectivity index (χ4n) is 2.15. The van der Waals surface area contributed by atoms with Gasteiger partial charge in [0.05, 0.1) is 23.7 Å². The van der Waals surface area contributed by atoms with Gasteiger partial charge in [-0.1, -0.05) is 12.1 Å². The van der Waals surface area contributed by atoms with Gasteiger partial charge in [-0.15, -0.1) is 0 Å². The number of nitrogens with zero attached hydrogens (tertiary/aromatic N) is 2. The Hall–Kier alpha value is -3.06. The summed E-state index contributed by atoms with van der Waals surface area (Å²) in [6, 6.07) is 17.0. The molecule has 4 nitrogen and oxygen atoms in total. The first-order chi connectivity index (χ1) is 10.3. The van der Waals surface area contributed by atoms with Gasteiger partial charge in [0.25, 0.3) is 0 Å². The third kappa shape index (κ3) is 2.63. The van der Waals surface area contributed by atoms with Crippen molar-refractivity contribution in [3.8, 4) is 17.6 Å². The number of fused-ring (bicyclic) bond motifs is 1. The molecule has 0 spiro atoms. The lowest BCUT2D eigenvalue weighted by atomic mass is 10.1. The molecule has 0 unspecified atom stereocenters. The summed E-state index contributed by atoms with van der Waals surface area (Å²) in [6.07, 6.45) is 2.11. The van der Waals surface area contributed by atoms with Crippen LogP contribution in [0.3, 0.4) is 0 Å². The average molecular weight is 275 g/mol. The number of hydrogen-bond donors (Lipinski definition) is 1. The molecular formula is C17H13N3O. The van der Waals surface area contributed by atoms with Crippen LogP contribution in [0.1, 0.15) is 5.56 Å². The van der Waals surface area contributed by atoms with Crippen LogP contribution in [-0.2, 0) is 6.42 Å². The van der Waals surface area contributed by atoms with E-state index in [0.717, 1.165) is 16.5 Å². The third-order valence-electron chi connectivity index (χ3n) is 3.20.